The van der Waals surface area contributed by atoms with E-state index < -0.39 is 0 Å². The fraction of sp³-hybridized carbons (Fsp3) is 0.412. The smallest absolute Gasteiger partial charge is 0.316 e. The van der Waals surface area contributed by atoms with Crippen LogP contribution in [0.15, 0.2) is 12.4 Å². The molecule has 0 radical (unpaired) electrons. The highest BCUT2D eigenvalue weighted by Gasteiger charge is 2.41. The summed E-state index contributed by atoms with van der Waals surface area (Å²) in [4.78, 5) is 15.3. The molecule has 0 unspecified atom stereocenters. The van der Waals surface area contributed by atoms with Crippen LogP contribution < -0.4 is 10.5 Å². The number of methoxy groups -OCH3 is 1. The lowest BCUT2D eigenvalue weighted by Gasteiger charge is -2.34. The van der Waals surface area contributed by atoms with Crippen molar-refractivity contribution in [3.05, 3.63) is 29.2 Å². The van der Waals surface area contributed by atoms with Crippen molar-refractivity contribution in [2.45, 2.75) is 31.3 Å². The molecule has 2 aromatic heterocycles. The van der Waals surface area contributed by atoms with Gasteiger partial charge in [-0.25, -0.2) is 15.0 Å². The molecule has 7 heteroatoms. The highest BCUT2D eigenvalue weighted by molar-refractivity contribution is 5.79. The molecule has 0 aromatic carbocycles. The number of likely N-dealkylation sites (N-methyl/N-ethyl adjacent to an activating group) is 1. The summed E-state index contributed by atoms with van der Waals surface area (Å²) >= 11 is 0. The number of anilines is 1. The fourth-order valence-corrected chi connectivity index (χ4v) is 3.98. The Balaban J connectivity index is 1.98. The van der Waals surface area contributed by atoms with Crippen molar-refractivity contribution in [1.82, 2.24) is 19.9 Å². The van der Waals surface area contributed by atoms with Gasteiger partial charge in [0, 0.05) is 53.3 Å². The van der Waals surface area contributed by atoms with E-state index in [1.165, 1.54) is 7.11 Å². The predicted molar refractivity (Wildman–Crippen MR) is 88.2 cm³/mol. The van der Waals surface area contributed by atoms with Crippen LogP contribution in [0.4, 0.5) is 5.82 Å². The summed E-state index contributed by atoms with van der Waals surface area (Å²) in [6.45, 7) is 0. The average molecular weight is 322 g/mol. The monoisotopic (exact) mass is 322 g/mol. The molecule has 4 heterocycles. The topological polar surface area (TPSA) is 101 Å². The second-order valence-electron chi connectivity index (χ2n) is 6.29. The zero-order valence-electron chi connectivity index (χ0n) is 13.7. The maximum absolute atomic E-state index is 9.65. The first-order chi connectivity index (χ1) is 11.6. The van der Waals surface area contributed by atoms with E-state index in [-0.39, 0.29) is 11.9 Å². The average Bonchev–Trinajstić information content (AvgIpc) is 2.84. The first-order valence-corrected chi connectivity index (χ1v) is 7.94. The van der Waals surface area contributed by atoms with Crippen LogP contribution in [0.3, 0.4) is 0 Å². The zero-order chi connectivity index (χ0) is 16.8. The van der Waals surface area contributed by atoms with Gasteiger partial charge in [-0.2, -0.15) is 5.26 Å². The third kappa shape index (κ3) is 2.03. The first-order valence-electron chi connectivity index (χ1n) is 7.94. The summed E-state index contributed by atoms with van der Waals surface area (Å²) in [5, 5.41) is 9.65. The molecule has 0 spiro atoms. The summed E-state index contributed by atoms with van der Waals surface area (Å²) in [6, 6.07) is 3.28. The molecule has 2 aliphatic heterocycles. The molecule has 2 aromatic rings. The van der Waals surface area contributed by atoms with Gasteiger partial charge in [0.25, 0.3) is 0 Å². The molecule has 2 bridgehead atoms. The number of fused-ring (bicyclic) bond motifs is 4. The molecule has 0 saturated carbocycles. The van der Waals surface area contributed by atoms with Crippen LogP contribution in [0.25, 0.3) is 11.1 Å². The Morgan fingerprint density at radius 1 is 1.33 bits per heavy atom. The van der Waals surface area contributed by atoms with E-state index in [1.807, 2.05) is 0 Å². The van der Waals surface area contributed by atoms with Gasteiger partial charge >= 0.3 is 6.01 Å². The SMILES string of the molecule is COc1ncc(-c2c(C#N)c(N)nc3c2[C@H]2CC[C@@H](C3)N2C)cn1. The summed E-state index contributed by atoms with van der Waals surface area (Å²) < 4.78 is 5.03. The maximum Gasteiger partial charge on any atom is 0.316 e. The number of aromatic nitrogens is 3. The third-order valence-electron chi connectivity index (χ3n) is 5.16. The first kappa shape index (κ1) is 14.8. The number of nitrogens with zero attached hydrogens (tertiary/aromatic N) is 5. The standard InChI is InChI=1S/C17H18N6O/c1-23-10-3-4-13(23)15-12(5-10)22-16(19)11(6-18)14(15)9-7-20-17(24-2)21-8-9/h7-8,10,13H,3-5H2,1-2H3,(H2,19,22)/t10-,13+/m0/s1. The van der Waals surface area contributed by atoms with Gasteiger partial charge in [-0.05, 0) is 19.9 Å². The summed E-state index contributed by atoms with van der Waals surface area (Å²) in [5.74, 6) is 0.283. The second-order valence-corrected chi connectivity index (χ2v) is 6.29. The lowest BCUT2D eigenvalue weighted by atomic mass is 9.88. The van der Waals surface area contributed by atoms with Crippen molar-refractivity contribution < 1.29 is 4.74 Å². The maximum atomic E-state index is 9.65. The minimum absolute atomic E-state index is 0.260. The number of nitrogen functional groups attached to an aromatic ring is 1. The minimum atomic E-state index is 0.260. The summed E-state index contributed by atoms with van der Waals surface area (Å²) in [5.41, 5.74) is 10.2. The van der Waals surface area contributed by atoms with E-state index in [0.717, 1.165) is 41.6 Å². The Morgan fingerprint density at radius 2 is 2.08 bits per heavy atom. The van der Waals surface area contributed by atoms with Gasteiger partial charge in [0.1, 0.15) is 17.5 Å². The predicted octanol–water partition coefficient (Wildman–Crippen LogP) is 1.69. The van der Waals surface area contributed by atoms with Crippen LogP contribution in [-0.4, -0.2) is 40.1 Å². The lowest BCUT2D eigenvalue weighted by molar-refractivity contribution is 0.222. The minimum Gasteiger partial charge on any atom is -0.467 e. The van der Waals surface area contributed by atoms with Gasteiger partial charge in [-0.15, -0.1) is 0 Å². The molecular formula is C17H18N6O. The van der Waals surface area contributed by atoms with Gasteiger partial charge in [0.15, 0.2) is 0 Å². The highest BCUT2D eigenvalue weighted by Crippen LogP contribution is 2.47. The van der Waals surface area contributed by atoms with Crippen molar-refractivity contribution >= 4 is 5.82 Å². The Hall–Kier alpha value is -2.72. The van der Waals surface area contributed by atoms with Gasteiger partial charge < -0.3 is 10.5 Å². The van der Waals surface area contributed by atoms with Crippen molar-refractivity contribution in [2.75, 3.05) is 19.9 Å². The van der Waals surface area contributed by atoms with Crippen molar-refractivity contribution in [2.24, 2.45) is 0 Å². The molecule has 7 nitrogen and oxygen atoms in total. The third-order valence-corrected chi connectivity index (χ3v) is 5.16. The van der Waals surface area contributed by atoms with E-state index in [0.29, 0.717) is 17.6 Å². The van der Waals surface area contributed by atoms with Crippen molar-refractivity contribution in [1.29, 1.82) is 5.26 Å². The molecule has 24 heavy (non-hydrogen) atoms. The van der Waals surface area contributed by atoms with Crippen LogP contribution in [0.5, 0.6) is 6.01 Å². The van der Waals surface area contributed by atoms with Gasteiger partial charge in [-0.3, -0.25) is 4.90 Å². The van der Waals surface area contributed by atoms with E-state index in [2.05, 4.69) is 33.0 Å². The number of pyridine rings is 1. The second kappa shape index (κ2) is 5.42. The number of nitriles is 1. The molecular weight excluding hydrogens is 304 g/mol. The number of hydrogen-bond donors (Lipinski definition) is 1. The Labute approximate surface area is 140 Å². The molecule has 0 aliphatic carbocycles. The van der Waals surface area contributed by atoms with Gasteiger partial charge in [0.2, 0.25) is 0 Å². The van der Waals surface area contributed by atoms with Crippen LogP contribution in [0.2, 0.25) is 0 Å². The lowest BCUT2D eigenvalue weighted by Crippen LogP contribution is -2.35. The number of hydrogen-bond acceptors (Lipinski definition) is 7. The molecule has 2 N–H and O–H groups in total. The van der Waals surface area contributed by atoms with Crippen LogP contribution >= 0.6 is 0 Å². The molecule has 122 valence electrons. The quantitative estimate of drug-likeness (QED) is 0.897. The van der Waals surface area contributed by atoms with Crippen molar-refractivity contribution in [3.63, 3.8) is 0 Å². The Bertz CT molecular complexity index is 842. The van der Waals surface area contributed by atoms with Gasteiger partial charge in [0.05, 0.1) is 7.11 Å². The van der Waals surface area contributed by atoms with E-state index in [9.17, 15) is 5.26 Å². The molecule has 4 rings (SSSR count). The fourth-order valence-electron chi connectivity index (χ4n) is 3.98. The van der Waals surface area contributed by atoms with E-state index in [1.54, 1.807) is 12.4 Å². The highest BCUT2D eigenvalue weighted by atomic mass is 16.5. The van der Waals surface area contributed by atoms with E-state index in [4.69, 9.17) is 10.5 Å². The molecule has 0 amide bonds. The zero-order valence-corrected chi connectivity index (χ0v) is 13.7. The number of ether oxygens (including phenoxy) is 1. The summed E-state index contributed by atoms with van der Waals surface area (Å²) in [6.07, 6.45) is 6.43. The molecule has 1 saturated heterocycles. The van der Waals surface area contributed by atoms with Crippen LogP contribution in [-0.2, 0) is 6.42 Å². The van der Waals surface area contributed by atoms with Crippen LogP contribution in [0.1, 0.15) is 35.7 Å². The largest absolute Gasteiger partial charge is 0.467 e. The van der Waals surface area contributed by atoms with Crippen LogP contribution in [0, 0.1) is 11.3 Å². The molecule has 2 atom stereocenters. The Morgan fingerprint density at radius 3 is 2.75 bits per heavy atom. The van der Waals surface area contributed by atoms with E-state index >= 15 is 0 Å². The van der Waals surface area contributed by atoms with Gasteiger partial charge in [-0.1, -0.05) is 0 Å². The molecule has 2 aliphatic rings. The normalized spacial score (nSPS) is 22.0. The molecule has 1 fully saturated rings. The number of rotatable bonds is 2. The Kier molecular flexibility index (Phi) is 3.36. The summed E-state index contributed by atoms with van der Waals surface area (Å²) in [7, 11) is 3.66. The van der Waals surface area contributed by atoms with Crippen molar-refractivity contribution in [3.8, 4) is 23.2 Å². The number of nitrogens with two attached hydrogens (primary N) is 1.